The van der Waals surface area contributed by atoms with Crippen molar-refractivity contribution in [3.8, 4) is 0 Å². The average molecular weight is 639 g/mol. The zero-order valence-electron chi connectivity index (χ0n) is 28.6. The lowest BCUT2D eigenvalue weighted by Crippen LogP contribution is -2.30. The first-order chi connectivity index (χ1) is 21.5. The number of nitrogens with zero attached hydrogens (tertiary/aromatic N) is 2. The molecule has 248 valence electrons. The predicted octanol–water partition coefficient (Wildman–Crippen LogP) is 12.6. The lowest BCUT2D eigenvalue weighted by Gasteiger charge is -2.40. The maximum absolute atomic E-state index is 4.75. The van der Waals surface area contributed by atoms with E-state index < -0.39 is 0 Å². The van der Waals surface area contributed by atoms with E-state index in [9.17, 15) is 0 Å². The second kappa shape index (κ2) is 18.2. The molecule has 0 atom stereocenters. The number of thiocarbonyl (C=S) groups is 2. The van der Waals surface area contributed by atoms with E-state index in [1.165, 1.54) is 154 Å². The molecule has 0 aromatic carbocycles. The lowest BCUT2D eigenvalue weighted by molar-refractivity contribution is 0.112. The van der Waals surface area contributed by atoms with Crippen LogP contribution < -0.4 is 0 Å². The highest BCUT2D eigenvalue weighted by Crippen LogP contribution is 2.47. The monoisotopic (exact) mass is 638 g/mol. The van der Waals surface area contributed by atoms with Gasteiger partial charge in [-0.1, -0.05) is 39.5 Å². The number of isothiocyanates is 2. The molecule has 0 bridgehead atoms. The lowest BCUT2D eigenvalue weighted by atomic mass is 9.65. The second-order valence-corrected chi connectivity index (χ2v) is 17.3. The van der Waals surface area contributed by atoms with Crippen LogP contribution >= 0.6 is 24.4 Å². The van der Waals surface area contributed by atoms with E-state index in [1.54, 1.807) is 0 Å². The van der Waals surface area contributed by atoms with E-state index in [0.717, 1.165) is 59.2 Å². The van der Waals surface area contributed by atoms with Gasteiger partial charge in [-0.15, -0.1) is 0 Å². The van der Waals surface area contributed by atoms with Crippen LogP contribution in [0.4, 0.5) is 0 Å². The van der Waals surface area contributed by atoms with Crippen LogP contribution in [-0.2, 0) is 0 Å². The maximum Gasteiger partial charge on any atom is 0.0603 e. The van der Waals surface area contributed by atoms with Crippen molar-refractivity contribution in [2.24, 2.45) is 69.2 Å². The number of aliphatic imine (C=N–C) groups is 2. The highest BCUT2D eigenvalue weighted by Gasteiger charge is 2.35. The molecular weight excluding hydrogens is 573 g/mol. The molecule has 0 amide bonds. The van der Waals surface area contributed by atoms with E-state index in [2.05, 4.69) is 34.2 Å². The van der Waals surface area contributed by atoms with Gasteiger partial charge in [0, 0.05) is 0 Å². The van der Waals surface area contributed by atoms with Gasteiger partial charge < -0.3 is 0 Å². The van der Waals surface area contributed by atoms with Crippen LogP contribution in [0.1, 0.15) is 168 Å². The minimum atomic E-state index is 0.495. The van der Waals surface area contributed by atoms with Crippen molar-refractivity contribution < 1.29 is 0 Å². The first-order valence-corrected chi connectivity index (χ1v) is 20.5. The van der Waals surface area contributed by atoms with Gasteiger partial charge in [0.05, 0.1) is 22.4 Å². The SMILES string of the molecule is CC1CCC(C2CCC(C3CCC(N=C=S)CC3)CC2)CC1.CC1CCC(C2CCC(C3CCC(N=C=S)CC3)CC2)CC1. The summed E-state index contributed by atoms with van der Waals surface area (Å²) < 4.78 is 0. The second-order valence-electron chi connectivity index (χ2n) is 17.0. The normalized spacial score (nSPS) is 43.3. The van der Waals surface area contributed by atoms with Gasteiger partial charge in [0.25, 0.3) is 0 Å². The Bertz CT molecular complexity index is 829. The molecule has 6 fully saturated rings. The Morgan fingerprint density at radius 1 is 0.318 bits per heavy atom. The van der Waals surface area contributed by atoms with E-state index in [0.29, 0.717) is 12.1 Å². The fourth-order valence-corrected chi connectivity index (χ4v) is 11.5. The van der Waals surface area contributed by atoms with Crippen molar-refractivity contribution in [1.29, 1.82) is 0 Å². The molecule has 6 saturated carbocycles. The summed E-state index contributed by atoms with van der Waals surface area (Å²) in [5.74, 6) is 10.3. The summed E-state index contributed by atoms with van der Waals surface area (Å²) >= 11 is 9.51. The summed E-state index contributed by atoms with van der Waals surface area (Å²) in [5.41, 5.74) is 0. The fraction of sp³-hybridized carbons (Fsp3) is 0.950. The van der Waals surface area contributed by atoms with Crippen LogP contribution in [0.3, 0.4) is 0 Å². The van der Waals surface area contributed by atoms with Gasteiger partial charge in [0.15, 0.2) is 0 Å². The quantitative estimate of drug-likeness (QED) is 0.214. The van der Waals surface area contributed by atoms with Crippen LogP contribution in [0.15, 0.2) is 9.98 Å². The van der Waals surface area contributed by atoms with Crippen molar-refractivity contribution in [2.45, 2.75) is 180 Å². The molecule has 0 aromatic rings. The molecule has 6 aliphatic rings. The van der Waals surface area contributed by atoms with Crippen LogP contribution in [0.25, 0.3) is 0 Å². The fourth-order valence-electron chi connectivity index (χ4n) is 11.2. The molecule has 0 saturated heterocycles. The van der Waals surface area contributed by atoms with Crippen molar-refractivity contribution >= 4 is 34.8 Å². The van der Waals surface area contributed by atoms with Gasteiger partial charge in [-0.3, -0.25) is 0 Å². The third-order valence-electron chi connectivity index (χ3n) is 14.4. The smallest absolute Gasteiger partial charge is 0.0603 e. The third-order valence-corrected chi connectivity index (χ3v) is 14.6. The minimum Gasteiger partial charge on any atom is -0.229 e. The van der Waals surface area contributed by atoms with E-state index in [4.69, 9.17) is 24.4 Å². The molecule has 0 aromatic heterocycles. The number of rotatable bonds is 6. The van der Waals surface area contributed by atoms with E-state index in [1.807, 2.05) is 0 Å². The molecule has 0 N–H and O–H groups in total. The summed E-state index contributed by atoms with van der Waals surface area (Å²) in [6.45, 7) is 4.88. The maximum atomic E-state index is 4.75. The largest absolute Gasteiger partial charge is 0.229 e. The molecule has 4 heteroatoms. The van der Waals surface area contributed by atoms with Crippen molar-refractivity contribution in [3.63, 3.8) is 0 Å². The summed E-state index contributed by atoms with van der Waals surface area (Å²) in [7, 11) is 0. The molecule has 0 spiro atoms. The molecule has 0 unspecified atom stereocenters. The summed E-state index contributed by atoms with van der Waals surface area (Å²) in [4.78, 5) is 8.61. The van der Waals surface area contributed by atoms with Crippen molar-refractivity contribution in [2.75, 3.05) is 0 Å². The Morgan fingerprint density at radius 3 is 0.705 bits per heavy atom. The Kier molecular flexibility index (Phi) is 14.5. The molecule has 0 radical (unpaired) electrons. The summed E-state index contributed by atoms with van der Waals surface area (Å²) in [6.07, 6.45) is 34.9. The highest BCUT2D eigenvalue weighted by molar-refractivity contribution is 7.78. The first-order valence-electron chi connectivity index (χ1n) is 19.7. The van der Waals surface area contributed by atoms with E-state index in [-0.39, 0.29) is 0 Å². The topological polar surface area (TPSA) is 24.7 Å². The molecular formula is C40H66N2S2. The van der Waals surface area contributed by atoms with Gasteiger partial charge in [0.2, 0.25) is 0 Å². The number of hydrogen-bond acceptors (Lipinski definition) is 4. The third kappa shape index (κ3) is 10.3. The van der Waals surface area contributed by atoms with Gasteiger partial charge in [-0.2, -0.15) is 0 Å². The standard InChI is InChI=1S/2C20H33NS/c2*1-15-2-4-16(5-3-15)17-6-8-18(9-7-17)19-10-12-20(13-11-19)21-14-22/h2*15-20H,2-13H2,1H3. The van der Waals surface area contributed by atoms with Crippen molar-refractivity contribution in [1.82, 2.24) is 0 Å². The van der Waals surface area contributed by atoms with Gasteiger partial charge in [-0.25, -0.2) is 9.98 Å². The van der Waals surface area contributed by atoms with Crippen LogP contribution in [0.2, 0.25) is 0 Å². The molecule has 6 aliphatic carbocycles. The Labute approximate surface area is 282 Å². The Morgan fingerprint density at radius 2 is 0.500 bits per heavy atom. The minimum absolute atomic E-state index is 0.495. The van der Waals surface area contributed by atoms with Gasteiger partial charge in [-0.05, 0) is 212 Å². The molecule has 0 aliphatic heterocycles. The van der Waals surface area contributed by atoms with Crippen LogP contribution in [0.5, 0.6) is 0 Å². The molecule has 0 heterocycles. The molecule has 44 heavy (non-hydrogen) atoms. The van der Waals surface area contributed by atoms with Crippen molar-refractivity contribution in [3.05, 3.63) is 0 Å². The number of hydrogen-bond donors (Lipinski definition) is 0. The molecule has 6 rings (SSSR count). The Balaban J connectivity index is 0.000000175. The highest BCUT2D eigenvalue weighted by atomic mass is 32.1. The van der Waals surface area contributed by atoms with E-state index >= 15 is 0 Å². The Hall–Kier alpha value is -0.400. The summed E-state index contributed by atoms with van der Waals surface area (Å²) in [5, 5.41) is 5.17. The zero-order chi connectivity index (χ0) is 30.7. The first kappa shape index (κ1) is 34.9. The predicted molar refractivity (Wildman–Crippen MR) is 195 cm³/mol. The van der Waals surface area contributed by atoms with Gasteiger partial charge in [0.1, 0.15) is 0 Å². The zero-order valence-corrected chi connectivity index (χ0v) is 30.2. The molecule has 2 nitrogen and oxygen atoms in total. The summed E-state index contributed by atoms with van der Waals surface area (Å²) in [6, 6.07) is 0.989. The van der Waals surface area contributed by atoms with Crippen LogP contribution in [0, 0.1) is 59.2 Å². The average Bonchev–Trinajstić information content (AvgIpc) is 3.07. The van der Waals surface area contributed by atoms with Crippen LogP contribution in [-0.4, -0.2) is 22.4 Å². The van der Waals surface area contributed by atoms with Gasteiger partial charge >= 0.3 is 0 Å².